The molecule has 80 valence electrons. The molecule has 0 bridgehead atoms. The average Bonchev–Trinajstić information content (AvgIpc) is 2.15. The highest BCUT2D eigenvalue weighted by molar-refractivity contribution is 6.55. The van der Waals surface area contributed by atoms with Crippen LogP contribution in [0.4, 0.5) is 0 Å². The molecule has 0 aliphatic rings. The summed E-state index contributed by atoms with van der Waals surface area (Å²) >= 11 is 10.8. The van der Waals surface area contributed by atoms with Gasteiger partial charge in [-0.05, 0) is 18.2 Å². The van der Waals surface area contributed by atoms with Crippen LogP contribution < -0.4 is 5.56 Å². The maximum absolute atomic E-state index is 11.5. The first-order chi connectivity index (χ1) is 7.02. The molecule has 0 spiro atoms. The van der Waals surface area contributed by atoms with Gasteiger partial charge in [0.1, 0.15) is 10.1 Å². The van der Waals surface area contributed by atoms with Gasteiger partial charge in [0, 0.05) is 12.7 Å². The lowest BCUT2D eigenvalue weighted by molar-refractivity contribution is 0.0694. The summed E-state index contributed by atoms with van der Waals surface area (Å²) in [6, 6.07) is 2.72. The van der Waals surface area contributed by atoms with Crippen molar-refractivity contribution in [2.75, 3.05) is 0 Å². The van der Waals surface area contributed by atoms with Crippen LogP contribution in [0.2, 0.25) is 0 Å². The SMILES string of the molecule is O=C(O)c1cccn(CC=C(Cl)Cl)c1=O. The zero-order chi connectivity index (χ0) is 11.4. The van der Waals surface area contributed by atoms with E-state index in [1.807, 2.05) is 0 Å². The number of rotatable bonds is 3. The summed E-state index contributed by atoms with van der Waals surface area (Å²) in [7, 11) is 0. The molecule has 0 radical (unpaired) electrons. The van der Waals surface area contributed by atoms with Crippen molar-refractivity contribution < 1.29 is 9.90 Å². The lowest BCUT2D eigenvalue weighted by Gasteiger charge is -2.02. The summed E-state index contributed by atoms with van der Waals surface area (Å²) in [5, 5.41) is 8.69. The monoisotopic (exact) mass is 247 g/mol. The fraction of sp³-hybridized carbons (Fsp3) is 0.111. The maximum atomic E-state index is 11.5. The number of allylic oxidation sites excluding steroid dienone is 1. The van der Waals surface area contributed by atoms with E-state index in [2.05, 4.69) is 0 Å². The van der Waals surface area contributed by atoms with E-state index in [0.717, 1.165) is 0 Å². The third kappa shape index (κ3) is 3.11. The number of halogens is 2. The molecule has 15 heavy (non-hydrogen) atoms. The van der Waals surface area contributed by atoms with Gasteiger partial charge in [0.25, 0.3) is 5.56 Å². The van der Waals surface area contributed by atoms with Crippen LogP contribution in [0.25, 0.3) is 0 Å². The van der Waals surface area contributed by atoms with E-state index in [4.69, 9.17) is 28.3 Å². The summed E-state index contributed by atoms with van der Waals surface area (Å²) < 4.78 is 1.23. The standard InChI is InChI=1S/C9H7Cl2NO3/c10-7(11)3-5-12-4-1-2-6(8(12)13)9(14)15/h1-4H,5H2,(H,14,15). The van der Waals surface area contributed by atoms with Crippen molar-refractivity contribution >= 4 is 29.2 Å². The van der Waals surface area contributed by atoms with Gasteiger partial charge in [0.2, 0.25) is 0 Å². The summed E-state index contributed by atoms with van der Waals surface area (Å²) in [5.41, 5.74) is -0.868. The second kappa shape index (κ2) is 5.00. The fourth-order valence-electron chi connectivity index (χ4n) is 1.01. The van der Waals surface area contributed by atoms with Gasteiger partial charge in [-0.2, -0.15) is 0 Å². The molecule has 0 aliphatic heterocycles. The van der Waals surface area contributed by atoms with E-state index in [9.17, 15) is 9.59 Å². The second-order valence-corrected chi connectivity index (χ2v) is 3.69. The zero-order valence-corrected chi connectivity index (χ0v) is 9.00. The van der Waals surface area contributed by atoms with Gasteiger partial charge >= 0.3 is 5.97 Å². The highest BCUT2D eigenvalue weighted by Crippen LogP contribution is 2.05. The predicted octanol–water partition coefficient (Wildman–Crippen LogP) is 1.87. The van der Waals surface area contributed by atoms with Crippen LogP contribution in [0.15, 0.2) is 33.7 Å². The molecule has 0 aliphatic carbocycles. The first kappa shape index (κ1) is 11.8. The van der Waals surface area contributed by atoms with E-state index < -0.39 is 11.5 Å². The van der Waals surface area contributed by atoms with Crippen LogP contribution in [-0.4, -0.2) is 15.6 Å². The molecule has 0 amide bonds. The first-order valence-corrected chi connectivity index (χ1v) is 4.72. The van der Waals surface area contributed by atoms with Gasteiger partial charge < -0.3 is 9.67 Å². The third-order valence-electron chi connectivity index (χ3n) is 1.69. The molecule has 1 heterocycles. The molecule has 0 saturated heterocycles. The Hall–Kier alpha value is -1.26. The van der Waals surface area contributed by atoms with Crippen LogP contribution in [-0.2, 0) is 6.54 Å². The summed E-state index contributed by atoms with van der Waals surface area (Å²) in [6.07, 6.45) is 2.86. The molecule has 0 saturated carbocycles. The summed E-state index contributed by atoms with van der Waals surface area (Å²) in [5.74, 6) is -1.25. The van der Waals surface area contributed by atoms with Crippen LogP contribution in [0.3, 0.4) is 0 Å². The Morgan fingerprint density at radius 3 is 2.73 bits per heavy atom. The van der Waals surface area contributed by atoms with Crippen LogP contribution in [0.1, 0.15) is 10.4 Å². The van der Waals surface area contributed by atoms with Crippen LogP contribution in [0.5, 0.6) is 0 Å². The van der Waals surface area contributed by atoms with Crippen molar-refractivity contribution in [2.45, 2.75) is 6.54 Å². The summed E-state index contributed by atoms with van der Waals surface area (Å²) in [6.45, 7) is 0.141. The molecule has 1 aromatic rings. The van der Waals surface area contributed by atoms with E-state index in [0.29, 0.717) is 0 Å². The normalized spacial score (nSPS) is 9.73. The third-order valence-corrected chi connectivity index (χ3v) is 2.00. The van der Waals surface area contributed by atoms with E-state index in [-0.39, 0.29) is 16.6 Å². The molecule has 0 atom stereocenters. The highest BCUT2D eigenvalue weighted by Gasteiger charge is 2.08. The highest BCUT2D eigenvalue weighted by atomic mass is 35.5. The molecule has 1 N–H and O–H groups in total. The van der Waals surface area contributed by atoms with Gasteiger partial charge in [0.15, 0.2) is 0 Å². The minimum atomic E-state index is -1.25. The number of nitrogens with zero attached hydrogens (tertiary/aromatic N) is 1. The van der Waals surface area contributed by atoms with Crippen molar-refractivity contribution in [1.29, 1.82) is 0 Å². The van der Waals surface area contributed by atoms with Gasteiger partial charge in [0.05, 0.1) is 0 Å². The van der Waals surface area contributed by atoms with Gasteiger partial charge in [-0.1, -0.05) is 23.2 Å². The molecule has 1 rings (SSSR count). The van der Waals surface area contributed by atoms with E-state index in [1.54, 1.807) is 0 Å². The molecule has 4 nitrogen and oxygen atoms in total. The number of hydrogen-bond donors (Lipinski definition) is 1. The van der Waals surface area contributed by atoms with Crippen molar-refractivity contribution in [2.24, 2.45) is 0 Å². The minimum Gasteiger partial charge on any atom is -0.477 e. The number of aromatic carboxylic acids is 1. The Bertz CT molecular complexity index is 461. The average molecular weight is 248 g/mol. The molecular weight excluding hydrogens is 241 g/mol. The van der Waals surface area contributed by atoms with Crippen molar-refractivity contribution in [3.05, 3.63) is 44.8 Å². The fourth-order valence-corrected chi connectivity index (χ4v) is 1.15. The summed E-state index contributed by atoms with van der Waals surface area (Å²) in [4.78, 5) is 22.1. The van der Waals surface area contributed by atoms with E-state index in [1.165, 1.54) is 29.0 Å². The number of carbonyl (C=O) groups is 1. The lowest BCUT2D eigenvalue weighted by atomic mass is 10.3. The number of pyridine rings is 1. The minimum absolute atomic E-state index is 0.0302. The largest absolute Gasteiger partial charge is 0.477 e. The molecule has 1 aromatic heterocycles. The Labute approximate surface area is 95.4 Å². The van der Waals surface area contributed by atoms with E-state index >= 15 is 0 Å². The Balaban J connectivity index is 3.11. The molecule has 0 aromatic carbocycles. The quantitative estimate of drug-likeness (QED) is 0.888. The van der Waals surface area contributed by atoms with Crippen molar-refractivity contribution in [1.82, 2.24) is 4.57 Å². The Morgan fingerprint density at radius 1 is 1.53 bits per heavy atom. The predicted molar refractivity (Wildman–Crippen MR) is 57.5 cm³/mol. The molecule has 6 heteroatoms. The second-order valence-electron chi connectivity index (χ2n) is 2.68. The van der Waals surface area contributed by atoms with Crippen LogP contribution >= 0.6 is 23.2 Å². The number of hydrogen-bond acceptors (Lipinski definition) is 2. The topological polar surface area (TPSA) is 59.3 Å². The molecular formula is C9H7Cl2NO3. The van der Waals surface area contributed by atoms with Crippen molar-refractivity contribution in [3.8, 4) is 0 Å². The number of carboxylic acid groups (broad SMARTS) is 1. The van der Waals surface area contributed by atoms with Gasteiger partial charge in [-0.25, -0.2) is 4.79 Å². The van der Waals surface area contributed by atoms with Gasteiger partial charge in [-0.3, -0.25) is 4.79 Å². The smallest absolute Gasteiger partial charge is 0.341 e. The lowest BCUT2D eigenvalue weighted by Crippen LogP contribution is -2.25. The first-order valence-electron chi connectivity index (χ1n) is 3.96. The Kier molecular flexibility index (Phi) is 3.94. The zero-order valence-electron chi connectivity index (χ0n) is 7.48. The van der Waals surface area contributed by atoms with Gasteiger partial charge in [-0.15, -0.1) is 0 Å². The Morgan fingerprint density at radius 2 is 2.20 bits per heavy atom. The van der Waals surface area contributed by atoms with Crippen LogP contribution in [0, 0.1) is 0 Å². The molecule has 0 unspecified atom stereocenters. The van der Waals surface area contributed by atoms with Crippen molar-refractivity contribution in [3.63, 3.8) is 0 Å². The maximum Gasteiger partial charge on any atom is 0.341 e. The number of aromatic nitrogens is 1. The molecule has 0 fully saturated rings. The number of carboxylic acids is 1.